The van der Waals surface area contributed by atoms with E-state index < -0.39 is 17.7 Å². The minimum atomic E-state index is -0.452. The van der Waals surface area contributed by atoms with Gasteiger partial charge in [-0.1, -0.05) is 0 Å². The number of anilines is 1. The molecule has 1 unspecified atom stereocenters. The lowest BCUT2D eigenvalue weighted by Crippen LogP contribution is -2.13. The Balaban J connectivity index is 2.48. The van der Waals surface area contributed by atoms with Gasteiger partial charge in [-0.15, -0.1) is 0 Å². The van der Waals surface area contributed by atoms with E-state index >= 15 is 0 Å². The van der Waals surface area contributed by atoms with Gasteiger partial charge in [0.2, 0.25) is 0 Å². The molecule has 0 spiro atoms. The molecule has 0 saturated carbocycles. The first-order valence-electron chi connectivity index (χ1n) is 5.25. The quantitative estimate of drug-likeness (QED) is 0.872. The third kappa shape index (κ3) is 2.00. The van der Waals surface area contributed by atoms with Crippen LogP contribution in [-0.4, -0.2) is 9.78 Å². The lowest BCUT2D eigenvalue weighted by atomic mass is 10.1. The highest BCUT2D eigenvalue weighted by Crippen LogP contribution is 2.24. The molecule has 17 heavy (non-hydrogen) atoms. The minimum absolute atomic E-state index is 0.239. The Hall–Kier alpha value is -1.91. The number of benzene rings is 1. The molecule has 0 aliphatic carbocycles. The molecule has 1 atom stereocenters. The lowest BCUT2D eigenvalue weighted by molar-refractivity contribution is 0.515. The molecule has 90 valence electrons. The number of nitrogen functional groups attached to an aromatic ring is 1. The zero-order valence-corrected chi connectivity index (χ0v) is 9.61. The van der Waals surface area contributed by atoms with E-state index in [2.05, 4.69) is 5.10 Å². The van der Waals surface area contributed by atoms with Gasteiger partial charge in [-0.3, -0.25) is 0 Å². The fourth-order valence-corrected chi connectivity index (χ4v) is 1.76. The maximum atomic E-state index is 13.8. The standard InChI is InChI=1S/C12H13F2N3/c1-7-5-11(14)9(6-10(7)13)8(2)17-12(15)3-4-16-17/h3-6,8H,15H2,1-2H3. The summed E-state index contributed by atoms with van der Waals surface area (Å²) in [4.78, 5) is 0. The Kier molecular flexibility index (Phi) is 2.83. The van der Waals surface area contributed by atoms with Crippen molar-refractivity contribution in [1.29, 1.82) is 0 Å². The number of aromatic nitrogens is 2. The van der Waals surface area contributed by atoms with Crippen molar-refractivity contribution >= 4 is 5.82 Å². The van der Waals surface area contributed by atoms with E-state index in [9.17, 15) is 8.78 Å². The molecule has 3 nitrogen and oxygen atoms in total. The van der Waals surface area contributed by atoms with Gasteiger partial charge in [-0.05, 0) is 37.6 Å². The Morgan fingerprint density at radius 3 is 2.59 bits per heavy atom. The van der Waals surface area contributed by atoms with Crippen LogP contribution in [0.15, 0.2) is 24.4 Å². The van der Waals surface area contributed by atoms with Crippen molar-refractivity contribution in [2.45, 2.75) is 19.9 Å². The van der Waals surface area contributed by atoms with Gasteiger partial charge in [-0.25, -0.2) is 13.5 Å². The summed E-state index contributed by atoms with van der Waals surface area (Å²) >= 11 is 0. The second-order valence-corrected chi connectivity index (χ2v) is 4.00. The van der Waals surface area contributed by atoms with Crippen LogP contribution in [0.2, 0.25) is 0 Å². The molecule has 0 bridgehead atoms. The highest BCUT2D eigenvalue weighted by Gasteiger charge is 2.17. The van der Waals surface area contributed by atoms with Crippen molar-refractivity contribution in [2.24, 2.45) is 0 Å². The molecule has 1 aromatic carbocycles. The minimum Gasteiger partial charge on any atom is -0.384 e. The average molecular weight is 237 g/mol. The maximum Gasteiger partial charge on any atom is 0.129 e. The molecular formula is C12H13F2N3. The van der Waals surface area contributed by atoms with Crippen molar-refractivity contribution in [3.8, 4) is 0 Å². The highest BCUT2D eigenvalue weighted by atomic mass is 19.1. The Labute approximate surface area is 97.9 Å². The van der Waals surface area contributed by atoms with E-state index in [0.717, 1.165) is 0 Å². The molecule has 5 heteroatoms. The second kappa shape index (κ2) is 4.16. The Morgan fingerprint density at radius 2 is 2.00 bits per heavy atom. The van der Waals surface area contributed by atoms with Crippen LogP contribution in [0.4, 0.5) is 14.6 Å². The topological polar surface area (TPSA) is 43.8 Å². The number of halogens is 2. The molecule has 0 aliphatic heterocycles. The summed E-state index contributed by atoms with van der Waals surface area (Å²) in [7, 11) is 0. The van der Waals surface area contributed by atoms with Gasteiger partial charge >= 0.3 is 0 Å². The predicted molar refractivity (Wildman–Crippen MR) is 61.5 cm³/mol. The number of nitrogens with zero attached hydrogens (tertiary/aromatic N) is 2. The van der Waals surface area contributed by atoms with E-state index in [-0.39, 0.29) is 11.1 Å². The van der Waals surface area contributed by atoms with Gasteiger partial charge in [0.1, 0.15) is 17.5 Å². The SMILES string of the molecule is Cc1cc(F)c(C(C)n2nccc2N)cc1F. The monoisotopic (exact) mass is 237 g/mol. The number of nitrogens with two attached hydrogens (primary N) is 1. The maximum absolute atomic E-state index is 13.8. The van der Waals surface area contributed by atoms with Crippen LogP contribution in [0.5, 0.6) is 0 Å². The first-order chi connectivity index (χ1) is 8.00. The summed E-state index contributed by atoms with van der Waals surface area (Å²) in [5, 5.41) is 3.99. The van der Waals surface area contributed by atoms with Crippen molar-refractivity contribution < 1.29 is 8.78 Å². The van der Waals surface area contributed by atoms with E-state index in [1.807, 2.05) is 0 Å². The van der Waals surface area contributed by atoms with Crippen LogP contribution in [0.25, 0.3) is 0 Å². The summed E-state index contributed by atoms with van der Waals surface area (Å²) in [6.45, 7) is 3.24. The highest BCUT2D eigenvalue weighted by molar-refractivity contribution is 5.32. The van der Waals surface area contributed by atoms with Crippen molar-refractivity contribution in [2.75, 3.05) is 5.73 Å². The summed E-state index contributed by atoms with van der Waals surface area (Å²) in [6, 6.07) is 3.54. The third-order valence-electron chi connectivity index (χ3n) is 2.80. The molecule has 1 heterocycles. The summed E-state index contributed by atoms with van der Waals surface area (Å²) in [5.41, 5.74) is 6.20. The number of hydrogen-bond acceptors (Lipinski definition) is 2. The fourth-order valence-electron chi connectivity index (χ4n) is 1.76. The van der Waals surface area contributed by atoms with Crippen molar-refractivity contribution in [3.05, 3.63) is 47.2 Å². The van der Waals surface area contributed by atoms with Gasteiger partial charge < -0.3 is 5.73 Å². The number of rotatable bonds is 2. The van der Waals surface area contributed by atoms with Gasteiger partial charge in [0, 0.05) is 5.56 Å². The number of aryl methyl sites for hydroxylation is 1. The third-order valence-corrected chi connectivity index (χ3v) is 2.80. The van der Waals surface area contributed by atoms with Crippen LogP contribution in [0, 0.1) is 18.6 Å². The zero-order chi connectivity index (χ0) is 12.6. The van der Waals surface area contributed by atoms with Crippen molar-refractivity contribution in [3.63, 3.8) is 0 Å². The second-order valence-electron chi connectivity index (χ2n) is 4.00. The first-order valence-corrected chi connectivity index (χ1v) is 5.25. The molecule has 0 aliphatic rings. The normalized spacial score (nSPS) is 12.7. The number of hydrogen-bond donors (Lipinski definition) is 1. The molecule has 2 aromatic rings. The Morgan fingerprint density at radius 1 is 1.29 bits per heavy atom. The molecule has 0 fully saturated rings. The summed E-state index contributed by atoms with van der Waals surface area (Å²) in [5.74, 6) is -0.469. The van der Waals surface area contributed by atoms with E-state index in [1.165, 1.54) is 29.9 Å². The molecule has 1 aromatic heterocycles. The van der Waals surface area contributed by atoms with E-state index in [4.69, 9.17) is 5.73 Å². The molecule has 0 radical (unpaired) electrons. The molecule has 2 rings (SSSR count). The average Bonchev–Trinajstić information content (AvgIpc) is 2.69. The van der Waals surface area contributed by atoms with Gasteiger partial charge in [0.15, 0.2) is 0 Å². The summed E-state index contributed by atoms with van der Waals surface area (Å²) < 4.78 is 28.6. The van der Waals surface area contributed by atoms with Gasteiger partial charge in [0.05, 0.1) is 12.2 Å². The largest absolute Gasteiger partial charge is 0.384 e. The van der Waals surface area contributed by atoms with Crippen LogP contribution in [0.3, 0.4) is 0 Å². The smallest absolute Gasteiger partial charge is 0.129 e. The van der Waals surface area contributed by atoms with Crippen LogP contribution in [-0.2, 0) is 0 Å². The van der Waals surface area contributed by atoms with E-state index in [0.29, 0.717) is 5.82 Å². The molecule has 2 N–H and O–H groups in total. The molecule has 0 saturated heterocycles. The molecule has 0 amide bonds. The fraction of sp³-hybridized carbons (Fsp3) is 0.250. The predicted octanol–water partition coefficient (Wildman–Crippen LogP) is 2.66. The van der Waals surface area contributed by atoms with Crippen molar-refractivity contribution in [1.82, 2.24) is 9.78 Å². The summed E-state index contributed by atoms with van der Waals surface area (Å²) in [6.07, 6.45) is 1.52. The van der Waals surface area contributed by atoms with E-state index in [1.54, 1.807) is 13.0 Å². The van der Waals surface area contributed by atoms with Gasteiger partial charge in [-0.2, -0.15) is 5.10 Å². The lowest BCUT2D eigenvalue weighted by Gasteiger charge is -2.15. The Bertz CT molecular complexity index is 549. The first kappa shape index (κ1) is 11.6. The van der Waals surface area contributed by atoms with Crippen LogP contribution < -0.4 is 5.73 Å². The van der Waals surface area contributed by atoms with Crippen LogP contribution >= 0.6 is 0 Å². The van der Waals surface area contributed by atoms with Gasteiger partial charge in [0.25, 0.3) is 0 Å². The zero-order valence-electron chi connectivity index (χ0n) is 9.61. The van der Waals surface area contributed by atoms with Crippen LogP contribution in [0.1, 0.15) is 24.1 Å². The molecular weight excluding hydrogens is 224 g/mol.